The van der Waals surface area contributed by atoms with E-state index in [9.17, 15) is 12.8 Å². The summed E-state index contributed by atoms with van der Waals surface area (Å²) in [5.74, 6) is -1.13. The minimum atomic E-state index is -3.90. The van der Waals surface area contributed by atoms with Crippen LogP contribution in [0.1, 0.15) is 12.8 Å². The zero-order valence-electron chi connectivity index (χ0n) is 10.7. The first-order valence-corrected chi connectivity index (χ1v) is 7.63. The molecule has 1 aliphatic heterocycles. The van der Waals surface area contributed by atoms with Crippen LogP contribution in [0.15, 0.2) is 34.3 Å². The molecule has 3 N–H and O–H groups in total. The van der Waals surface area contributed by atoms with Gasteiger partial charge in [0.1, 0.15) is 16.5 Å². The number of halogens is 1. The minimum absolute atomic E-state index is 0.00145. The summed E-state index contributed by atoms with van der Waals surface area (Å²) < 4.78 is 39.7. The molecule has 1 aliphatic rings. The lowest BCUT2D eigenvalue weighted by molar-refractivity contribution is 0.287. The van der Waals surface area contributed by atoms with Crippen LogP contribution in [0.25, 0.3) is 0 Å². The Balaban J connectivity index is 2.29. The maximum Gasteiger partial charge on any atom is 0.246 e. The molecule has 110 valence electrons. The van der Waals surface area contributed by atoms with Gasteiger partial charge in [0.25, 0.3) is 0 Å². The Morgan fingerprint density at radius 3 is 2.80 bits per heavy atom. The van der Waals surface area contributed by atoms with E-state index in [4.69, 9.17) is 10.9 Å². The summed E-state index contributed by atoms with van der Waals surface area (Å²) in [5, 5.41) is 11.6. The summed E-state index contributed by atoms with van der Waals surface area (Å²) in [6.07, 6.45) is 1.22. The van der Waals surface area contributed by atoms with Crippen molar-refractivity contribution in [3.8, 4) is 0 Å². The number of nitrogens with zero attached hydrogens (tertiary/aromatic N) is 2. The van der Waals surface area contributed by atoms with Gasteiger partial charge >= 0.3 is 0 Å². The molecule has 2 rings (SSSR count). The molecule has 6 nitrogen and oxygen atoms in total. The van der Waals surface area contributed by atoms with E-state index in [1.807, 2.05) is 0 Å². The molecule has 0 radical (unpaired) electrons. The molecule has 0 aliphatic carbocycles. The lowest BCUT2D eigenvalue weighted by Gasteiger charge is -2.31. The highest BCUT2D eigenvalue weighted by Crippen LogP contribution is 2.25. The second kappa shape index (κ2) is 5.76. The Bertz CT molecular complexity index is 618. The molecule has 1 unspecified atom stereocenters. The van der Waals surface area contributed by atoms with E-state index >= 15 is 0 Å². The number of piperidine rings is 1. The summed E-state index contributed by atoms with van der Waals surface area (Å²) >= 11 is 0. The second-order valence-corrected chi connectivity index (χ2v) is 6.56. The Labute approximate surface area is 116 Å². The normalized spacial score (nSPS) is 21.9. The maximum absolute atomic E-state index is 13.7. The fourth-order valence-corrected chi connectivity index (χ4v) is 3.87. The molecule has 20 heavy (non-hydrogen) atoms. The van der Waals surface area contributed by atoms with Crippen molar-refractivity contribution < 1.29 is 18.0 Å². The Morgan fingerprint density at radius 1 is 1.45 bits per heavy atom. The quantitative estimate of drug-likeness (QED) is 0.376. The average Bonchev–Trinajstić information content (AvgIpc) is 2.47. The largest absolute Gasteiger partial charge is 0.409 e. The van der Waals surface area contributed by atoms with Crippen LogP contribution >= 0.6 is 0 Å². The molecule has 0 spiro atoms. The molecule has 1 saturated heterocycles. The number of benzene rings is 1. The van der Waals surface area contributed by atoms with Gasteiger partial charge < -0.3 is 10.9 Å². The van der Waals surface area contributed by atoms with Crippen LogP contribution in [0.4, 0.5) is 4.39 Å². The molecule has 0 aromatic heterocycles. The number of oxime groups is 1. The number of hydrogen-bond acceptors (Lipinski definition) is 4. The van der Waals surface area contributed by atoms with Gasteiger partial charge in [-0.1, -0.05) is 17.3 Å². The van der Waals surface area contributed by atoms with Gasteiger partial charge in [-0.2, -0.15) is 4.31 Å². The van der Waals surface area contributed by atoms with Gasteiger partial charge in [0, 0.05) is 19.0 Å². The summed E-state index contributed by atoms with van der Waals surface area (Å²) in [7, 11) is -3.90. The van der Waals surface area contributed by atoms with E-state index < -0.39 is 15.8 Å². The lowest BCUT2D eigenvalue weighted by atomic mass is 9.99. The van der Waals surface area contributed by atoms with Crippen molar-refractivity contribution in [2.75, 3.05) is 13.1 Å². The van der Waals surface area contributed by atoms with Gasteiger partial charge in [-0.15, -0.1) is 0 Å². The van der Waals surface area contributed by atoms with E-state index in [-0.39, 0.29) is 23.2 Å². The zero-order chi connectivity index (χ0) is 14.8. The number of rotatable bonds is 3. The summed E-state index contributed by atoms with van der Waals surface area (Å²) in [4.78, 5) is -0.347. The van der Waals surface area contributed by atoms with Crippen LogP contribution < -0.4 is 5.73 Å². The topological polar surface area (TPSA) is 96.0 Å². The summed E-state index contributed by atoms with van der Waals surface area (Å²) in [6, 6.07) is 5.25. The van der Waals surface area contributed by atoms with E-state index in [2.05, 4.69) is 5.16 Å². The van der Waals surface area contributed by atoms with Crippen LogP contribution in [0.3, 0.4) is 0 Å². The van der Waals surface area contributed by atoms with Crippen molar-refractivity contribution in [2.45, 2.75) is 17.7 Å². The molecule has 0 saturated carbocycles. The van der Waals surface area contributed by atoms with Gasteiger partial charge in [-0.25, -0.2) is 12.8 Å². The van der Waals surface area contributed by atoms with Crippen molar-refractivity contribution in [2.24, 2.45) is 16.8 Å². The number of amidine groups is 1. The van der Waals surface area contributed by atoms with Crippen LogP contribution in [0.5, 0.6) is 0 Å². The van der Waals surface area contributed by atoms with Crippen molar-refractivity contribution >= 4 is 15.9 Å². The number of nitrogens with two attached hydrogens (primary N) is 1. The highest BCUT2D eigenvalue weighted by Gasteiger charge is 2.33. The minimum Gasteiger partial charge on any atom is -0.409 e. The van der Waals surface area contributed by atoms with Crippen molar-refractivity contribution in [3.63, 3.8) is 0 Å². The van der Waals surface area contributed by atoms with Crippen LogP contribution in [0, 0.1) is 11.7 Å². The van der Waals surface area contributed by atoms with Gasteiger partial charge in [0.2, 0.25) is 10.0 Å². The Kier molecular flexibility index (Phi) is 4.24. The molecule has 1 heterocycles. The van der Waals surface area contributed by atoms with Gasteiger partial charge in [-0.05, 0) is 25.0 Å². The van der Waals surface area contributed by atoms with Crippen LogP contribution in [-0.2, 0) is 10.0 Å². The average molecular weight is 301 g/mol. The molecule has 1 atom stereocenters. The first kappa shape index (κ1) is 14.7. The number of hydrogen-bond donors (Lipinski definition) is 2. The molecule has 1 aromatic carbocycles. The second-order valence-electron chi connectivity index (χ2n) is 4.66. The van der Waals surface area contributed by atoms with Crippen molar-refractivity contribution in [1.29, 1.82) is 0 Å². The van der Waals surface area contributed by atoms with E-state index in [0.717, 1.165) is 6.07 Å². The van der Waals surface area contributed by atoms with Crippen molar-refractivity contribution in [1.82, 2.24) is 4.31 Å². The first-order valence-electron chi connectivity index (χ1n) is 6.19. The molecule has 1 aromatic rings. The third kappa shape index (κ3) is 2.75. The molecular weight excluding hydrogens is 285 g/mol. The smallest absolute Gasteiger partial charge is 0.246 e. The van der Waals surface area contributed by atoms with Crippen LogP contribution in [0.2, 0.25) is 0 Å². The van der Waals surface area contributed by atoms with E-state index in [1.165, 1.54) is 22.5 Å². The number of sulfonamides is 1. The van der Waals surface area contributed by atoms with E-state index in [0.29, 0.717) is 19.4 Å². The summed E-state index contributed by atoms with van der Waals surface area (Å²) in [5.41, 5.74) is 5.53. The fraction of sp³-hybridized carbons (Fsp3) is 0.417. The third-order valence-corrected chi connectivity index (χ3v) is 5.27. The van der Waals surface area contributed by atoms with Crippen LogP contribution in [-0.4, -0.2) is 36.9 Å². The SMILES string of the molecule is NC(=NO)C1CCCN(S(=O)(=O)c2ccccc2F)C1. The molecule has 8 heteroatoms. The monoisotopic (exact) mass is 301 g/mol. The molecule has 1 fully saturated rings. The third-order valence-electron chi connectivity index (χ3n) is 3.37. The fourth-order valence-electron chi connectivity index (χ4n) is 2.28. The van der Waals surface area contributed by atoms with Crippen molar-refractivity contribution in [3.05, 3.63) is 30.1 Å². The van der Waals surface area contributed by atoms with Gasteiger partial charge in [-0.3, -0.25) is 0 Å². The highest BCUT2D eigenvalue weighted by molar-refractivity contribution is 7.89. The summed E-state index contributed by atoms with van der Waals surface area (Å²) in [6.45, 7) is 0.387. The molecule has 0 bridgehead atoms. The van der Waals surface area contributed by atoms with Gasteiger partial charge in [0.05, 0.1) is 0 Å². The lowest BCUT2D eigenvalue weighted by Crippen LogP contribution is -2.44. The Morgan fingerprint density at radius 2 is 2.15 bits per heavy atom. The van der Waals surface area contributed by atoms with Gasteiger partial charge in [0.15, 0.2) is 0 Å². The molecular formula is C12H16FN3O3S. The molecule has 0 amide bonds. The van der Waals surface area contributed by atoms with E-state index in [1.54, 1.807) is 0 Å². The standard InChI is InChI=1S/C12H16FN3O3S/c13-10-5-1-2-6-11(10)20(18,19)16-7-3-4-9(8-16)12(14)15-17/h1-2,5-6,9,17H,3-4,7-8H2,(H2,14,15). The Hall–Kier alpha value is -1.67. The highest BCUT2D eigenvalue weighted by atomic mass is 32.2. The maximum atomic E-state index is 13.7. The predicted octanol–water partition coefficient (Wildman–Crippen LogP) is 0.973. The zero-order valence-corrected chi connectivity index (χ0v) is 11.6. The predicted molar refractivity (Wildman–Crippen MR) is 71.3 cm³/mol. The first-order chi connectivity index (χ1) is 9.46.